The largest absolute Gasteiger partial charge is 0.497 e. The van der Waals surface area contributed by atoms with Gasteiger partial charge >= 0.3 is 0 Å². The Morgan fingerprint density at radius 3 is 2.10 bits per heavy atom. The van der Waals surface area contributed by atoms with Crippen LogP contribution in [0.25, 0.3) is 0 Å². The zero-order valence-electron chi connectivity index (χ0n) is 14.2. The third-order valence-electron chi connectivity index (χ3n) is 5.08. The predicted molar refractivity (Wildman–Crippen MR) is 89.9 cm³/mol. The van der Waals surface area contributed by atoms with Crippen LogP contribution < -0.4 is 10.1 Å². The van der Waals surface area contributed by atoms with E-state index in [1.54, 1.807) is 7.11 Å². The van der Waals surface area contributed by atoms with E-state index in [2.05, 4.69) is 57.3 Å². The molecular weight excluding hydrogens is 258 g/mol. The maximum Gasteiger partial charge on any atom is 0.118 e. The molecule has 118 valence electrons. The van der Waals surface area contributed by atoms with Crippen LogP contribution in [0.3, 0.4) is 0 Å². The molecule has 0 saturated heterocycles. The van der Waals surface area contributed by atoms with Crippen molar-refractivity contribution in [1.29, 1.82) is 0 Å². The maximum absolute atomic E-state index is 5.22. The summed E-state index contributed by atoms with van der Waals surface area (Å²) in [5, 5.41) is 3.78. The highest BCUT2D eigenvalue weighted by Gasteiger charge is 2.30. The molecule has 1 N–H and O–H groups in total. The number of ether oxygens (including phenoxy) is 1. The number of nitrogens with one attached hydrogen (secondary N) is 1. The van der Waals surface area contributed by atoms with Crippen LogP contribution in [0.1, 0.15) is 52.0 Å². The van der Waals surface area contributed by atoms with Crippen LogP contribution in [0.5, 0.6) is 5.75 Å². The van der Waals surface area contributed by atoms with Crippen LogP contribution in [0.15, 0.2) is 24.3 Å². The fraction of sp³-hybridized carbons (Fsp3) is 0.684. The zero-order chi connectivity index (χ0) is 15.4. The Morgan fingerprint density at radius 2 is 1.62 bits per heavy atom. The lowest BCUT2D eigenvalue weighted by molar-refractivity contribution is 0.225. The predicted octanol–water partition coefficient (Wildman–Crippen LogP) is 4.46. The molecule has 0 amide bonds. The summed E-state index contributed by atoms with van der Waals surface area (Å²) in [4.78, 5) is 0. The fourth-order valence-electron chi connectivity index (χ4n) is 3.48. The summed E-state index contributed by atoms with van der Waals surface area (Å²) in [6.45, 7) is 10.5. The van der Waals surface area contributed by atoms with E-state index in [0.29, 0.717) is 6.04 Å². The van der Waals surface area contributed by atoms with Gasteiger partial charge in [0.15, 0.2) is 0 Å². The van der Waals surface area contributed by atoms with Crippen molar-refractivity contribution in [3.8, 4) is 5.75 Å². The third-order valence-corrected chi connectivity index (χ3v) is 5.08. The first-order valence-electron chi connectivity index (χ1n) is 8.38. The molecule has 1 aromatic carbocycles. The van der Waals surface area contributed by atoms with E-state index < -0.39 is 0 Å². The Bertz CT molecular complexity index is 410. The molecule has 1 fully saturated rings. The standard InChI is InChI=1S/C19H31NO/c1-13(2)19(14(3)4)12-20-17-10-16(11-17)15-6-8-18(21-5)9-7-15/h6-9,13-14,16-17,19-20H,10-12H2,1-5H3. The summed E-state index contributed by atoms with van der Waals surface area (Å²) >= 11 is 0. The van der Waals surface area contributed by atoms with Gasteiger partial charge < -0.3 is 10.1 Å². The molecule has 0 radical (unpaired) electrons. The van der Waals surface area contributed by atoms with Crippen molar-refractivity contribution in [1.82, 2.24) is 5.32 Å². The van der Waals surface area contributed by atoms with Gasteiger partial charge in [0.1, 0.15) is 5.75 Å². The van der Waals surface area contributed by atoms with Gasteiger partial charge in [-0.1, -0.05) is 39.8 Å². The van der Waals surface area contributed by atoms with Crippen molar-refractivity contribution in [2.75, 3.05) is 13.7 Å². The van der Waals surface area contributed by atoms with Crippen LogP contribution in [0, 0.1) is 17.8 Å². The van der Waals surface area contributed by atoms with E-state index in [-0.39, 0.29) is 0 Å². The van der Waals surface area contributed by atoms with Crippen molar-refractivity contribution in [2.24, 2.45) is 17.8 Å². The highest BCUT2D eigenvalue weighted by atomic mass is 16.5. The van der Waals surface area contributed by atoms with Gasteiger partial charge in [0.25, 0.3) is 0 Å². The molecule has 2 rings (SSSR count). The Kier molecular flexibility index (Phi) is 5.69. The van der Waals surface area contributed by atoms with E-state index in [4.69, 9.17) is 4.74 Å². The molecule has 0 bridgehead atoms. The number of hydrogen-bond acceptors (Lipinski definition) is 2. The Balaban J connectivity index is 1.76. The Morgan fingerprint density at radius 1 is 1.05 bits per heavy atom. The van der Waals surface area contributed by atoms with Crippen LogP contribution >= 0.6 is 0 Å². The molecule has 1 aliphatic rings. The summed E-state index contributed by atoms with van der Waals surface area (Å²) in [6, 6.07) is 9.28. The minimum Gasteiger partial charge on any atom is -0.497 e. The van der Waals surface area contributed by atoms with Crippen LogP contribution in [-0.2, 0) is 0 Å². The van der Waals surface area contributed by atoms with Gasteiger partial charge in [0, 0.05) is 6.04 Å². The average Bonchev–Trinajstić information content (AvgIpc) is 2.40. The van der Waals surface area contributed by atoms with Gasteiger partial charge in [0.05, 0.1) is 7.11 Å². The molecular formula is C19H31NO. The molecule has 0 aliphatic heterocycles. The molecule has 1 aromatic rings. The Labute approximate surface area is 130 Å². The topological polar surface area (TPSA) is 21.3 Å². The highest BCUT2D eigenvalue weighted by Crippen LogP contribution is 2.37. The average molecular weight is 289 g/mol. The molecule has 0 atom stereocenters. The van der Waals surface area contributed by atoms with Crippen molar-refractivity contribution in [3.63, 3.8) is 0 Å². The van der Waals surface area contributed by atoms with Gasteiger partial charge in [0.2, 0.25) is 0 Å². The van der Waals surface area contributed by atoms with Crippen LogP contribution in [0.4, 0.5) is 0 Å². The zero-order valence-corrected chi connectivity index (χ0v) is 14.2. The lowest BCUT2D eigenvalue weighted by atomic mass is 9.75. The normalized spacial score (nSPS) is 21.9. The summed E-state index contributed by atoms with van der Waals surface area (Å²) in [5.74, 6) is 3.98. The van der Waals surface area contributed by atoms with Gasteiger partial charge in [-0.15, -0.1) is 0 Å². The number of hydrogen-bond donors (Lipinski definition) is 1. The van der Waals surface area contributed by atoms with Crippen LogP contribution in [0.2, 0.25) is 0 Å². The van der Waals surface area contributed by atoms with E-state index in [9.17, 15) is 0 Å². The summed E-state index contributed by atoms with van der Waals surface area (Å²) in [6.07, 6.45) is 2.55. The lowest BCUT2D eigenvalue weighted by Crippen LogP contribution is -2.43. The number of benzene rings is 1. The molecule has 0 aromatic heterocycles. The summed E-state index contributed by atoms with van der Waals surface area (Å²) < 4.78 is 5.22. The van der Waals surface area contributed by atoms with E-state index in [1.165, 1.54) is 18.4 Å². The monoisotopic (exact) mass is 289 g/mol. The van der Waals surface area contributed by atoms with E-state index >= 15 is 0 Å². The van der Waals surface area contributed by atoms with Crippen molar-refractivity contribution in [2.45, 2.75) is 52.5 Å². The Hall–Kier alpha value is -1.02. The minimum atomic E-state index is 0.706. The lowest BCUT2D eigenvalue weighted by Gasteiger charge is -2.38. The van der Waals surface area contributed by atoms with Crippen LogP contribution in [-0.4, -0.2) is 19.7 Å². The first-order chi connectivity index (χ1) is 10.0. The quantitative estimate of drug-likeness (QED) is 0.800. The molecule has 1 aliphatic carbocycles. The first-order valence-corrected chi connectivity index (χ1v) is 8.38. The molecule has 2 heteroatoms. The van der Waals surface area contributed by atoms with E-state index in [1.807, 2.05) is 0 Å². The molecule has 1 saturated carbocycles. The van der Waals surface area contributed by atoms with Crippen molar-refractivity contribution >= 4 is 0 Å². The SMILES string of the molecule is COc1ccc(C2CC(NCC(C(C)C)C(C)C)C2)cc1. The summed E-state index contributed by atoms with van der Waals surface area (Å²) in [7, 11) is 1.72. The van der Waals surface area contributed by atoms with E-state index in [0.717, 1.165) is 36.0 Å². The second-order valence-electron chi connectivity index (χ2n) is 7.20. The smallest absolute Gasteiger partial charge is 0.118 e. The van der Waals surface area contributed by atoms with Gasteiger partial charge in [-0.05, 0) is 60.8 Å². The van der Waals surface area contributed by atoms with Crippen molar-refractivity contribution in [3.05, 3.63) is 29.8 Å². The second-order valence-corrected chi connectivity index (χ2v) is 7.20. The number of rotatable bonds is 7. The summed E-state index contributed by atoms with van der Waals surface area (Å²) in [5.41, 5.74) is 1.46. The molecule has 0 heterocycles. The third kappa shape index (κ3) is 4.23. The number of methoxy groups -OCH3 is 1. The molecule has 0 unspecified atom stereocenters. The first kappa shape index (κ1) is 16.4. The van der Waals surface area contributed by atoms with Crippen molar-refractivity contribution < 1.29 is 4.74 Å². The highest BCUT2D eigenvalue weighted by molar-refractivity contribution is 5.30. The molecule has 2 nitrogen and oxygen atoms in total. The minimum absolute atomic E-state index is 0.706. The molecule has 0 spiro atoms. The maximum atomic E-state index is 5.22. The van der Waals surface area contributed by atoms with Gasteiger partial charge in [-0.2, -0.15) is 0 Å². The van der Waals surface area contributed by atoms with Gasteiger partial charge in [-0.3, -0.25) is 0 Å². The second kappa shape index (κ2) is 7.31. The van der Waals surface area contributed by atoms with Gasteiger partial charge in [-0.25, -0.2) is 0 Å². The molecule has 21 heavy (non-hydrogen) atoms. The fourth-order valence-corrected chi connectivity index (χ4v) is 3.48.